The van der Waals surface area contributed by atoms with Crippen molar-refractivity contribution in [2.75, 3.05) is 39.3 Å². The molecule has 4 fully saturated rings. The number of likely N-dealkylation sites (tertiary alicyclic amines) is 2. The second-order valence-corrected chi connectivity index (χ2v) is 11.2. The molecule has 9 nitrogen and oxygen atoms in total. The van der Waals surface area contributed by atoms with Gasteiger partial charge in [-0.25, -0.2) is 4.68 Å². The molecular formula is C28H38F3N5O4. The van der Waals surface area contributed by atoms with Gasteiger partial charge in [-0.15, -0.1) is 13.2 Å². The van der Waals surface area contributed by atoms with Crippen LogP contribution in [-0.4, -0.2) is 99.6 Å². The summed E-state index contributed by atoms with van der Waals surface area (Å²) in [5.41, 5.74) is 2.37. The Morgan fingerprint density at radius 1 is 1.05 bits per heavy atom. The monoisotopic (exact) mass is 565 g/mol. The van der Waals surface area contributed by atoms with E-state index in [2.05, 4.69) is 20.1 Å². The molecule has 12 heteroatoms. The first kappa shape index (κ1) is 28.8. The zero-order valence-corrected chi connectivity index (χ0v) is 22.7. The molecular weight excluding hydrogens is 527 g/mol. The minimum Gasteiger partial charge on any atom is -0.406 e. The summed E-state index contributed by atoms with van der Waals surface area (Å²) in [7, 11) is 0. The number of carbonyl (C=O) groups excluding carboxylic acids is 1. The lowest BCUT2D eigenvalue weighted by atomic mass is 10.0. The van der Waals surface area contributed by atoms with Gasteiger partial charge in [-0.1, -0.05) is 6.07 Å². The quantitative estimate of drug-likeness (QED) is 0.512. The molecule has 4 aliphatic rings. The molecule has 3 N–H and O–H groups in total. The van der Waals surface area contributed by atoms with Crippen LogP contribution >= 0.6 is 0 Å². The van der Waals surface area contributed by atoms with E-state index in [1.54, 1.807) is 17.7 Å². The lowest BCUT2D eigenvalue weighted by molar-refractivity contribution is -0.274. The van der Waals surface area contributed by atoms with Crippen molar-refractivity contribution < 1.29 is 32.9 Å². The van der Waals surface area contributed by atoms with E-state index in [1.807, 2.05) is 4.90 Å². The lowest BCUT2D eigenvalue weighted by Crippen LogP contribution is -2.46. The fourth-order valence-electron chi connectivity index (χ4n) is 5.88. The molecule has 220 valence electrons. The highest BCUT2D eigenvalue weighted by Gasteiger charge is 2.38. The Morgan fingerprint density at radius 3 is 2.35 bits per heavy atom. The number of carbonyl (C=O) groups is 1. The van der Waals surface area contributed by atoms with Crippen LogP contribution in [0.4, 0.5) is 13.2 Å². The number of β-amino-alcohol motifs (C(OH)–C–C–N with tert-alkyl or cyclic N) is 2. The van der Waals surface area contributed by atoms with E-state index in [9.17, 15) is 23.1 Å². The van der Waals surface area contributed by atoms with Crippen LogP contribution in [0.3, 0.4) is 0 Å². The molecule has 40 heavy (non-hydrogen) atoms. The lowest BCUT2D eigenvalue weighted by Gasteiger charge is -2.36. The molecule has 1 aromatic carbocycles. The Morgan fingerprint density at radius 2 is 1.80 bits per heavy atom. The van der Waals surface area contributed by atoms with Gasteiger partial charge < -0.3 is 25.2 Å². The van der Waals surface area contributed by atoms with Crippen molar-refractivity contribution in [1.82, 2.24) is 24.9 Å². The maximum atomic E-state index is 13.6. The molecule has 0 radical (unpaired) electrons. The second-order valence-electron chi connectivity index (χ2n) is 11.2. The van der Waals surface area contributed by atoms with E-state index in [0.29, 0.717) is 42.6 Å². The number of piperidine rings is 1. The summed E-state index contributed by atoms with van der Waals surface area (Å²) in [5.74, 6) is -0.217. The minimum absolute atomic E-state index is 0.0618. The number of hydrogen-bond acceptors (Lipinski definition) is 7. The van der Waals surface area contributed by atoms with Crippen LogP contribution in [-0.2, 0) is 0 Å². The van der Waals surface area contributed by atoms with Gasteiger partial charge >= 0.3 is 6.36 Å². The van der Waals surface area contributed by atoms with Gasteiger partial charge in [0.05, 0.1) is 34.8 Å². The number of halogens is 3. The number of aliphatic hydroxyl groups is 2. The summed E-state index contributed by atoms with van der Waals surface area (Å²) in [4.78, 5) is 17.8. The van der Waals surface area contributed by atoms with Crippen molar-refractivity contribution in [2.24, 2.45) is 0 Å². The zero-order valence-electron chi connectivity index (χ0n) is 22.7. The van der Waals surface area contributed by atoms with Gasteiger partial charge in [-0.05, 0) is 64.1 Å². The summed E-state index contributed by atoms with van der Waals surface area (Å²) in [6, 6.07) is 6.09. The van der Waals surface area contributed by atoms with Crippen LogP contribution in [0.2, 0.25) is 0 Å². The van der Waals surface area contributed by atoms with Gasteiger partial charge in [0.1, 0.15) is 5.75 Å². The Kier molecular flexibility index (Phi) is 8.69. The first-order valence-electron chi connectivity index (χ1n) is 14.1. The number of amides is 1. The molecule has 1 saturated carbocycles. The number of benzene rings is 1. The Balaban J connectivity index is 0.000000477. The highest BCUT2D eigenvalue weighted by atomic mass is 19.4. The fraction of sp³-hybridized carbons (Fsp3) is 0.643. The normalized spacial score (nSPS) is 24.2. The van der Waals surface area contributed by atoms with Gasteiger partial charge in [0.25, 0.3) is 5.91 Å². The molecule has 6 rings (SSSR count). The topological polar surface area (TPSA) is 103 Å². The predicted octanol–water partition coefficient (Wildman–Crippen LogP) is 2.97. The fourth-order valence-corrected chi connectivity index (χ4v) is 5.88. The van der Waals surface area contributed by atoms with Gasteiger partial charge in [-0.2, -0.15) is 5.10 Å². The van der Waals surface area contributed by atoms with Gasteiger partial charge in [0.15, 0.2) is 0 Å². The number of hydrogen-bond donors (Lipinski definition) is 3. The number of aliphatic hydroxyl groups excluding tert-OH is 2. The van der Waals surface area contributed by atoms with E-state index in [0.717, 1.165) is 63.9 Å². The minimum atomic E-state index is -4.78. The van der Waals surface area contributed by atoms with E-state index in [1.165, 1.54) is 18.2 Å². The van der Waals surface area contributed by atoms with Gasteiger partial charge in [-0.3, -0.25) is 9.69 Å². The van der Waals surface area contributed by atoms with E-state index in [-0.39, 0.29) is 29.8 Å². The van der Waals surface area contributed by atoms with Crippen LogP contribution < -0.4 is 10.1 Å². The van der Waals surface area contributed by atoms with Crippen LogP contribution in [0.5, 0.6) is 5.75 Å². The summed E-state index contributed by atoms with van der Waals surface area (Å²) < 4.78 is 43.8. The summed E-state index contributed by atoms with van der Waals surface area (Å²) in [6.07, 6.45) is 0.199. The molecule has 3 aliphatic heterocycles. The standard InChI is InChI=1S/C24H29F3N4O3.C4H9NO/c1-15-21(23(33)29-10-7-17(8-11-29)30-12-9-19(32)14-30)22(16-5-6-16)31(28-15)18-3-2-4-20(13-18)34-24(25,26)27;6-4-1-2-5-3-4/h2-4,13,16-17,19,32H,5-12,14H2,1H3;4-6H,1-3H2/t19-;4-/m11/s1. The Hall–Kier alpha value is -2.67. The number of nitrogens with one attached hydrogen (secondary N) is 1. The number of ether oxygens (including phenoxy) is 1. The number of alkyl halides is 3. The smallest absolute Gasteiger partial charge is 0.406 e. The largest absolute Gasteiger partial charge is 0.573 e. The third-order valence-corrected chi connectivity index (χ3v) is 8.07. The van der Waals surface area contributed by atoms with Crippen molar-refractivity contribution in [3.63, 3.8) is 0 Å². The molecule has 1 aromatic heterocycles. The Labute approximate surface area is 231 Å². The first-order valence-corrected chi connectivity index (χ1v) is 14.1. The molecule has 0 unspecified atom stereocenters. The maximum absolute atomic E-state index is 13.6. The van der Waals surface area contributed by atoms with Crippen molar-refractivity contribution in [3.8, 4) is 11.4 Å². The summed E-state index contributed by atoms with van der Waals surface area (Å²) in [6.45, 7) is 6.44. The molecule has 0 bridgehead atoms. The van der Waals surface area contributed by atoms with Gasteiger partial charge in [0.2, 0.25) is 0 Å². The third-order valence-electron chi connectivity index (χ3n) is 8.07. The molecule has 0 spiro atoms. The van der Waals surface area contributed by atoms with Crippen LogP contribution in [0.1, 0.15) is 66.2 Å². The number of nitrogens with zero attached hydrogens (tertiary/aromatic N) is 4. The average molecular weight is 566 g/mol. The van der Waals surface area contributed by atoms with Crippen LogP contribution in [0.15, 0.2) is 24.3 Å². The molecule has 1 amide bonds. The van der Waals surface area contributed by atoms with E-state index in [4.69, 9.17) is 5.11 Å². The molecule has 2 aromatic rings. The van der Waals surface area contributed by atoms with E-state index < -0.39 is 6.36 Å². The SMILES string of the molecule is Cc1nn(-c2cccc(OC(F)(F)F)c2)c(C2CC2)c1C(=O)N1CCC(N2CC[C@@H](O)C2)CC1.O[C@@H]1CCNC1. The van der Waals surface area contributed by atoms with E-state index >= 15 is 0 Å². The summed E-state index contributed by atoms with van der Waals surface area (Å²) in [5, 5.41) is 26.1. The predicted molar refractivity (Wildman–Crippen MR) is 142 cm³/mol. The highest BCUT2D eigenvalue weighted by Crippen LogP contribution is 2.44. The van der Waals surface area contributed by atoms with Crippen LogP contribution in [0, 0.1) is 6.92 Å². The summed E-state index contributed by atoms with van der Waals surface area (Å²) >= 11 is 0. The maximum Gasteiger partial charge on any atom is 0.573 e. The number of aryl methyl sites for hydroxylation is 1. The zero-order chi connectivity index (χ0) is 28.4. The Bertz CT molecular complexity index is 1170. The van der Waals surface area contributed by atoms with Crippen LogP contribution in [0.25, 0.3) is 5.69 Å². The number of aromatic nitrogens is 2. The van der Waals surface area contributed by atoms with Crippen molar-refractivity contribution in [2.45, 2.75) is 76.0 Å². The molecule has 4 heterocycles. The highest BCUT2D eigenvalue weighted by molar-refractivity contribution is 5.97. The van der Waals surface area contributed by atoms with Crippen molar-refractivity contribution >= 4 is 5.91 Å². The molecule has 3 saturated heterocycles. The molecule has 2 atom stereocenters. The number of rotatable bonds is 5. The van der Waals surface area contributed by atoms with Crippen molar-refractivity contribution in [1.29, 1.82) is 0 Å². The van der Waals surface area contributed by atoms with Crippen molar-refractivity contribution in [3.05, 3.63) is 41.2 Å². The average Bonchev–Trinajstić information content (AvgIpc) is 3.28. The first-order chi connectivity index (χ1) is 19.1. The van der Waals surface area contributed by atoms with Gasteiger partial charge in [0, 0.05) is 50.7 Å². The second kappa shape index (κ2) is 12.1. The third kappa shape index (κ3) is 6.96. The molecule has 1 aliphatic carbocycles.